The van der Waals surface area contributed by atoms with Gasteiger partial charge < -0.3 is 9.47 Å². The third-order valence-corrected chi connectivity index (χ3v) is 4.46. The number of benzene rings is 1. The quantitative estimate of drug-likeness (QED) is 0.504. The molecule has 0 saturated heterocycles. The van der Waals surface area contributed by atoms with Crippen LogP contribution in [-0.2, 0) is 6.54 Å². The molecule has 3 rings (SSSR count). The molecule has 0 N–H and O–H groups in total. The van der Waals surface area contributed by atoms with Gasteiger partial charge in [-0.2, -0.15) is 5.26 Å². The second kappa shape index (κ2) is 6.78. The van der Waals surface area contributed by atoms with Gasteiger partial charge in [0.2, 0.25) is 0 Å². The summed E-state index contributed by atoms with van der Waals surface area (Å²) in [5.41, 5.74) is 4.00. The lowest BCUT2D eigenvalue weighted by atomic mass is 10.2. The molecule has 0 fully saturated rings. The summed E-state index contributed by atoms with van der Waals surface area (Å²) in [5, 5.41) is 10.4. The van der Waals surface area contributed by atoms with Crippen LogP contribution in [0, 0.1) is 31.0 Å². The van der Waals surface area contributed by atoms with Crippen molar-refractivity contribution in [2.75, 3.05) is 11.4 Å². The molecule has 1 aromatic carbocycles. The molecule has 4 nitrogen and oxygen atoms in total. The zero-order chi connectivity index (χ0) is 18.0. The van der Waals surface area contributed by atoms with Crippen LogP contribution in [0.4, 0.5) is 15.9 Å². The normalized spacial score (nSPS) is 10.6. The first-order chi connectivity index (χ1) is 12.1. The van der Waals surface area contributed by atoms with Crippen LogP contribution in [-0.4, -0.2) is 16.1 Å². The van der Waals surface area contributed by atoms with E-state index in [2.05, 4.69) is 36.0 Å². The lowest BCUT2D eigenvalue weighted by Crippen LogP contribution is -2.19. The number of nitriles is 1. The van der Waals surface area contributed by atoms with E-state index in [1.165, 1.54) is 17.7 Å². The topological polar surface area (TPSA) is 44.9 Å². The average Bonchev–Trinajstić information content (AvgIpc) is 2.86. The second-order valence-corrected chi connectivity index (χ2v) is 5.86. The van der Waals surface area contributed by atoms with Gasteiger partial charge in [0.05, 0.1) is 11.6 Å². The minimum Gasteiger partial charge on any atom is -0.338 e. The Morgan fingerprint density at radius 1 is 1.28 bits per heavy atom. The van der Waals surface area contributed by atoms with E-state index < -0.39 is 0 Å². The average molecular weight is 334 g/mol. The van der Waals surface area contributed by atoms with Gasteiger partial charge in [0.1, 0.15) is 12.4 Å². The minimum atomic E-state index is -0.312. The molecular formula is C20H19FN4. The highest BCUT2D eigenvalue weighted by molar-refractivity contribution is 5.95. The van der Waals surface area contributed by atoms with Crippen LogP contribution in [0.3, 0.4) is 0 Å². The van der Waals surface area contributed by atoms with Crippen LogP contribution in [0.15, 0.2) is 49.2 Å². The molecule has 0 saturated carbocycles. The summed E-state index contributed by atoms with van der Waals surface area (Å²) in [6.45, 7) is 8.76. The molecule has 0 radical (unpaired) electrons. The second-order valence-electron chi connectivity index (χ2n) is 5.86. The summed E-state index contributed by atoms with van der Waals surface area (Å²) >= 11 is 0. The lowest BCUT2D eigenvalue weighted by molar-refractivity contribution is 0.628. The Morgan fingerprint density at radius 3 is 2.64 bits per heavy atom. The zero-order valence-corrected chi connectivity index (χ0v) is 14.3. The monoisotopic (exact) mass is 334 g/mol. The predicted molar refractivity (Wildman–Crippen MR) is 98.4 cm³/mol. The number of aromatic nitrogens is 2. The smallest absolute Gasteiger partial charge is 0.158 e. The molecule has 2 heterocycles. The van der Waals surface area contributed by atoms with Crippen LogP contribution in [0.25, 0.3) is 10.9 Å². The number of hydrogen-bond acceptors (Lipinski definition) is 3. The Bertz CT molecular complexity index is 964. The Hall–Kier alpha value is -3.13. The molecule has 3 aromatic rings. The van der Waals surface area contributed by atoms with Crippen LogP contribution in [0.1, 0.15) is 11.3 Å². The van der Waals surface area contributed by atoms with Crippen LogP contribution >= 0.6 is 0 Å². The van der Waals surface area contributed by atoms with E-state index in [0.29, 0.717) is 12.4 Å². The van der Waals surface area contributed by atoms with E-state index in [1.807, 2.05) is 12.1 Å². The van der Waals surface area contributed by atoms with Gasteiger partial charge in [0.25, 0.3) is 0 Å². The van der Waals surface area contributed by atoms with Gasteiger partial charge in [0.15, 0.2) is 5.82 Å². The Labute approximate surface area is 146 Å². The Kier molecular flexibility index (Phi) is 4.53. The van der Waals surface area contributed by atoms with E-state index in [1.54, 1.807) is 23.2 Å². The molecule has 5 heteroatoms. The number of fused-ring (bicyclic) bond motifs is 1. The standard InChI is InChI=1S/C20H19FN4/c1-4-12-24-15(3)14(2)18-9-11-23-20(19(18)24)25(13-10-22)17-7-5-16(21)6-8-17/h4-9,11H,1,12-13H2,2-3H3. The highest BCUT2D eigenvalue weighted by Gasteiger charge is 2.20. The van der Waals surface area contributed by atoms with E-state index in [9.17, 15) is 9.65 Å². The summed E-state index contributed by atoms with van der Waals surface area (Å²) in [6, 6.07) is 10.3. The van der Waals surface area contributed by atoms with Crippen LogP contribution in [0.5, 0.6) is 0 Å². The number of aryl methyl sites for hydroxylation is 1. The van der Waals surface area contributed by atoms with Gasteiger partial charge in [0, 0.05) is 29.5 Å². The number of anilines is 2. The molecule has 0 aliphatic carbocycles. The maximum absolute atomic E-state index is 13.3. The van der Waals surface area contributed by atoms with Crippen molar-refractivity contribution >= 4 is 22.4 Å². The highest BCUT2D eigenvalue weighted by Crippen LogP contribution is 2.34. The van der Waals surface area contributed by atoms with Gasteiger partial charge in [-0.3, -0.25) is 0 Å². The first kappa shape index (κ1) is 16.7. The first-order valence-electron chi connectivity index (χ1n) is 8.03. The van der Waals surface area contributed by atoms with Crippen molar-refractivity contribution in [3.63, 3.8) is 0 Å². The van der Waals surface area contributed by atoms with Gasteiger partial charge >= 0.3 is 0 Å². The van der Waals surface area contributed by atoms with Crippen LogP contribution in [0.2, 0.25) is 0 Å². The third-order valence-electron chi connectivity index (χ3n) is 4.46. The van der Waals surface area contributed by atoms with Crippen molar-refractivity contribution in [3.8, 4) is 6.07 Å². The predicted octanol–water partition coefficient (Wildman–Crippen LogP) is 4.64. The summed E-state index contributed by atoms with van der Waals surface area (Å²) < 4.78 is 15.4. The molecule has 0 atom stereocenters. The largest absolute Gasteiger partial charge is 0.338 e. The molecule has 0 spiro atoms. The fourth-order valence-electron chi connectivity index (χ4n) is 3.11. The third kappa shape index (κ3) is 2.87. The SMILES string of the molecule is C=CCn1c(C)c(C)c2ccnc(N(CC#N)c3ccc(F)cc3)c21. The van der Waals surface area contributed by atoms with Crippen molar-refractivity contribution in [1.29, 1.82) is 5.26 Å². The zero-order valence-electron chi connectivity index (χ0n) is 14.3. The van der Waals surface area contributed by atoms with Gasteiger partial charge in [-0.25, -0.2) is 9.37 Å². The van der Waals surface area contributed by atoms with E-state index in [4.69, 9.17) is 0 Å². The van der Waals surface area contributed by atoms with Crippen molar-refractivity contribution in [3.05, 3.63) is 66.3 Å². The van der Waals surface area contributed by atoms with Gasteiger partial charge in [-0.1, -0.05) is 6.08 Å². The minimum absolute atomic E-state index is 0.120. The van der Waals surface area contributed by atoms with Crippen molar-refractivity contribution in [2.24, 2.45) is 0 Å². The van der Waals surface area contributed by atoms with Crippen LogP contribution < -0.4 is 4.90 Å². The molecule has 0 bridgehead atoms. The number of nitrogens with zero attached hydrogens (tertiary/aromatic N) is 4. The lowest BCUT2D eigenvalue weighted by Gasteiger charge is -2.22. The number of pyridine rings is 1. The fraction of sp³-hybridized carbons (Fsp3) is 0.200. The summed E-state index contributed by atoms with van der Waals surface area (Å²) in [6.07, 6.45) is 3.59. The summed E-state index contributed by atoms with van der Waals surface area (Å²) in [4.78, 5) is 6.35. The number of hydrogen-bond donors (Lipinski definition) is 0. The number of rotatable bonds is 5. The first-order valence-corrected chi connectivity index (χ1v) is 8.03. The van der Waals surface area contributed by atoms with E-state index in [-0.39, 0.29) is 12.4 Å². The van der Waals surface area contributed by atoms with Crippen molar-refractivity contribution < 1.29 is 4.39 Å². The Morgan fingerprint density at radius 2 is 2.00 bits per heavy atom. The van der Waals surface area contributed by atoms with Gasteiger partial charge in [-0.15, -0.1) is 6.58 Å². The molecular weight excluding hydrogens is 315 g/mol. The fourth-order valence-corrected chi connectivity index (χ4v) is 3.11. The Balaban J connectivity index is 2.28. The van der Waals surface area contributed by atoms with Crippen molar-refractivity contribution in [2.45, 2.75) is 20.4 Å². The summed E-state index contributed by atoms with van der Waals surface area (Å²) in [5.74, 6) is 0.372. The molecule has 2 aromatic heterocycles. The summed E-state index contributed by atoms with van der Waals surface area (Å²) in [7, 11) is 0. The van der Waals surface area contributed by atoms with Crippen molar-refractivity contribution in [1.82, 2.24) is 9.55 Å². The maximum atomic E-state index is 13.3. The molecule has 126 valence electrons. The maximum Gasteiger partial charge on any atom is 0.158 e. The number of allylic oxidation sites excluding steroid dienone is 1. The van der Waals surface area contributed by atoms with E-state index in [0.717, 1.165) is 22.3 Å². The molecule has 0 aliphatic rings. The molecule has 0 amide bonds. The molecule has 25 heavy (non-hydrogen) atoms. The highest BCUT2D eigenvalue weighted by atomic mass is 19.1. The number of halogens is 1. The molecule has 0 unspecified atom stereocenters. The van der Waals surface area contributed by atoms with Gasteiger partial charge in [-0.05, 0) is 49.7 Å². The molecule has 0 aliphatic heterocycles. The van der Waals surface area contributed by atoms with E-state index >= 15 is 0 Å².